The lowest BCUT2D eigenvalue weighted by molar-refractivity contribution is -0.0244. The van der Waals surface area contributed by atoms with Crippen molar-refractivity contribution in [2.24, 2.45) is 7.05 Å². The number of hydrogen-bond acceptors (Lipinski definition) is 5. The number of aliphatic hydroxyl groups is 1. The number of aromatic nitrogens is 1. The van der Waals surface area contributed by atoms with Crippen LogP contribution in [0.15, 0.2) is 35.3 Å². The van der Waals surface area contributed by atoms with Crippen LogP contribution >= 0.6 is 22.6 Å². The summed E-state index contributed by atoms with van der Waals surface area (Å²) in [5, 5.41) is 10.8. The van der Waals surface area contributed by atoms with Gasteiger partial charge in [-0.25, -0.2) is 0 Å². The van der Waals surface area contributed by atoms with Gasteiger partial charge in [0, 0.05) is 45.0 Å². The Kier molecular flexibility index (Phi) is 6.01. The van der Waals surface area contributed by atoms with E-state index in [0.717, 1.165) is 42.9 Å². The third kappa shape index (κ3) is 3.95. The lowest BCUT2D eigenvalue weighted by atomic mass is 10.0. The number of benzene rings is 1. The third-order valence-electron chi connectivity index (χ3n) is 4.87. The highest BCUT2D eigenvalue weighted by molar-refractivity contribution is 14.1. The Morgan fingerprint density at radius 3 is 2.42 bits per heavy atom. The number of halogens is 1. The number of aryl methyl sites for hydroxylation is 1. The summed E-state index contributed by atoms with van der Waals surface area (Å²) < 4.78 is 7.81. The van der Waals surface area contributed by atoms with E-state index in [1.807, 2.05) is 30.5 Å². The minimum absolute atomic E-state index is 0.0107. The Labute approximate surface area is 167 Å². The molecule has 26 heavy (non-hydrogen) atoms. The van der Waals surface area contributed by atoms with Gasteiger partial charge in [0.1, 0.15) is 12.0 Å². The van der Waals surface area contributed by atoms with Crippen molar-refractivity contribution in [2.75, 3.05) is 40.3 Å². The molecule has 3 rings (SSSR count). The van der Waals surface area contributed by atoms with E-state index in [1.165, 1.54) is 0 Å². The van der Waals surface area contributed by atoms with E-state index in [-0.39, 0.29) is 5.56 Å². The lowest BCUT2D eigenvalue weighted by Crippen LogP contribution is -2.45. The summed E-state index contributed by atoms with van der Waals surface area (Å²) in [5.74, 6) is 0.651. The molecule has 1 unspecified atom stereocenters. The predicted molar refractivity (Wildman–Crippen MR) is 110 cm³/mol. The van der Waals surface area contributed by atoms with Crippen molar-refractivity contribution in [3.05, 3.63) is 49.9 Å². The molecule has 2 heterocycles. The summed E-state index contributed by atoms with van der Waals surface area (Å²) >= 11 is 2.05. The van der Waals surface area contributed by atoms with Crippen molar-refractivity contribution in [3.8, 4) is 16.9 Å². The number of likely N-dealkylation sites (N-methyl/N-ethyl adjacent to an activating group) is 1. The molecule has 7 heteroatoms. The Bertz CT molecular complexity index is 818. The van der Waals surface area contributed by atoms with Crippen LogP contribution in [-0.2, 0) is 7.05 Å². The fraction of sp³-hybridized carbons (Fsp3) is 0.421. The molecule has 0 radical (unpaired) electrons. The van der Waals surface area contributed by atoms with Gasteiger partial charge in [0.2, 0.25) is 0 Å². The van der Waals surface area contributed by atoms with E-state index in [4.69, 9.17) is 4.74 Å². The maximum atomic E-state index is 11.9. The smallest absolute Gasteiger partial charge is 0.263 e. The van der Waals surface area contributed by atoms with Crippen molar-refractivity contribution < 1.29 is 9.84 Å². The SMILES string of the molecule is COc1cc(-c2cc(I)c(=O)n(C)c2)ccc1C(O)N1CCN(C)CC1. The second kappa shape index (κ2) is 8.08. The summed E-state index contributed by atoms with van der Waals surface area (Å²) in [6, 6.07) is 7.67. The number of ether oxygens (including phenoxy) is 1. The topological polar surface area (TPSA) is 57.9 Å². The van der Waals surface area contributed by atoms with Crippen molar-refractivity contribution >= 4 is 22.6 Å². The summed E-state index contributed by atoms with van der Waals surface area (Å²) in [7, 11) is 5.45. The molecular weight excluding hydrogens is 445 g/mol. The second-order valence-corrected chi connectivity index (χ2v) is 7.82. The molecule has 0 spiro atoms. The van der Waals surface area contributed by atoms with Crippen molar-refractivity contribution in [3.63, 3.8) is 0 Å². The molecule has 1 aromatic heterocycles. The van der Waals surface area contributed by atoms with Crippen LogP contribution in [0.4, 0.5) is 0 Å². The van der Waals surface area contributed by atoms with Gasteiger partial charge in [0.25, 0.3) is 5.56 Å². The zero-order chi connectivity index (χ0) is 18.8. The quantitative estimate of drug-likeness (QED) is 0.694. The molecule has 0 saturated carbocycles. The molecule has 1 aromatic carbocycles. The van der Waals surface area contributed by atoms with Gasteiger partial charge in [0.15, 0.2) is 0 Å². The van der Waals surface area contributed by atoms with Gasteiger partial charge in [-0.3, -0.25) is 9.69 Å². The maximum absolute atomic E-state index is 11.9. The molecule has 2 aromatic rings. The zero-order valence-electron chi connectivity index (χ0n) is 15.3. The van der Waals surface area contributed by atoms with Crippen molar-refractivity contribution in [1.29, 1.82) is 0 Å². The Balaban J connectivity index is 1.92. The first kappa shape index (κ1) is 19.3. The normalized spacial score (nSPS) is 17.3. The van der Waals surface area contributed by atoms with E-state index < -0.39 is 6.23 Å². The number of nitrogens with zero attached hydrogens (tertiary/aromatic N) is 3. The van der Waals surface area contributed by atoms with Gasteiger partial charge >= 0.3 is 0 Å². The molecule has 6 nitrogen and oxygen atoms in total. The Morgan fingerprint density at radius 1 is 1.12 bits per heavy atom. The summed E-state index contributed by atoms with van der Waals surface area (Å²) in [6.07, 6.45) is 1.13. The fourth-order valence-electron chi connectivity index (χ4n) is 3.20. The number of methoxy groups -OCH3 is 1. The second-order valence-electron chi connectivity index (χ2n) is 6.66. The predicted octanol–water partition coefficient (Wildman–Crippen LogP) is 1.90. The van der Waals surface area contributed by atoms with Crippen LogP contribution in [0.1, 0.15) is 11.8 Å². The van der Waals surface area contributed by atoms with Crippen molar-refractivity contribution in [2.45, 2.75) is 6.23 Å². The molecule has 1 N–H and O–H groups in total. The Morgan fingerprint density at radius 2 is 1.81 bits per heavy atom. The first-order valence-electron chi connectivity index (χ1n) is 8.56. The average molecular weight is 469 g/mol. The minimum atomic E-state index is -0.687. The van der Waals surface area contributed by atoms with Crippen LogP contribution < -0.4 is 10.3 Å². The number of rotatable bonds is 4. The summed E-state index contributed by atoms with van der Waals surface area (Å²) in [4.78, 5) is 16.2. The first-order valence-corrected chi connectivity index (χ1v) is 9.63. The molecule has 0 aliphatic carbocycles. The van der Waals surface area contributed by atoms with Gasteiger partial charge in [-0.1, -0.05) is 12.1 Å². The molecule has 1 fully saturated rings. The number of aliphatic hydroxyl groups excluding tert-OH is 1. The van der Waals surface area contributed by atoms with Crippen LogP contribution in [0.2, 0.25) is 0 Å². The zero-order valence-corrected chi connectivity index (χ0v) is 17.4. The molecule has 0 bridgehead atoms. The highest BCUT2D eigenvalue weighted by Crippen LogP contribution is 2.32. The van der Waals surface area contributed by atoms with E-state index in [9.17, 15) is 9.90 Å². The van der Waals surface area contributed by atoms with E-state index in [2.05, 4.69) is 39.4 Å². The number of piperazine rings is 1. The molecule has 1 aliphatic rings. The molecule has 140 valence electrons. The van der Waals surface area contributed by atoms with Crippen LogP contribution in [-0.4, -0.2) is 59.8 Å². The van der Waals surface area contributed by atoms with Crippen LogP contribution in [0.25, 0.3) is 11.1 Å². The van der Waals surface area contributed by atoms with Gasteiger partial charge in [-0.05, 0) is 52.9 Å². The molecule has 0 amide bonds. The first-order chi connectivity index (χ1) is 12.4. The third-order valence-corrected chi connectivity index (χ3v) is 5.64. The Hall–Kier alpha value is -1.42. The summed E-state index contributed by atoms with van der Waals surface area (Å²) in [5.41, 5.74) is 2.64. The highest BCUT2D eigenvalue weighted by atomic mass is 127. The van der Waals surface area contributed by atoms with Crippen LogP contribution in [0, 0.1) is 3.57 Å². The van der Waals surface area contributed by atoms with E-state index in [0.29, 0.717) is 9.32 Å². The largest absolute Gasteiger partial charge is 0.496 e. The molecular formula is C19H24IN3O3. The van der Waals surface area contributed by atoms with Gasteiger partial charge in [0.05, 0.1) is 10.7 Å². The lowest BCUT2D eigenvalue weighted by Gasteiger charge is -2.36. The fourth-order valence-corrected chi connectivity index (χ4v) is 3.91. The van der Waals surface area contributed by atoms with Crippen molar-refractivity contribution in [1.82, 2.24) is 14.4 Å². The van der Waals surface area contributed by atoms with E-state index in [1.54, 1.807) is 18.7 Å². The van der Waals surface area contributed by atoms with E-state index >= 15 is 0 Å². The highest BCUT2D eigenvalue weighted by Gasteiger charge is 2.24. The molecule has 1 saturated heterocycles. The van der Waals surface area contributed by atoms with Crippen LogP contribution in [0.5, 0.6) is 5.75 Å². The van der Waals surface area contributed by atoms with Crippen LogP contribution in [0.3, 0.4) is 0 Å². The van der Waals surface area contributed by atoms with Gasteiger partial charge in [-0.2, -0.15) is 0 Å². The molecule has 1 atom stereocenters. The maximum Gasteiger partial charge on any atom is 0.263 e. The van der Waals surface area contributed by atoms with Gasteiger partial charge in [-0.15, -0.1) is 0 Å². The molecule has 1 aliphatic heterocycles. The monoisotopic (exact) mass is 469 g/mol. The summed E-state index contributed by atoms with van der Waals surface area (Å²) in [6.45, 7) is 3.52. The standard InChI is InChI=1S/C19H24IN3O3/c1-21-6-8-23(9-7-21)18(24)15-5-4-13(11-17(15)26-3)14-10-16(20)19(25)22(2)12-14/h4-5,10-12,18,24H,6-9H2,1-3H3. The number of hydrogen-bond donors (Lipinski definition) is 1. The van der Waals surface area contributed by atoms with Gasteiger partial charge < -0.3 is 19.3 Å². The minimum Gasteiger partial charge on any atom is -0.496 e. The average Bonchev–Trinajstić information content (AvgIpc) is 2.65. The number of pyridine rings is 1.